The van der Waals surface area contributed by atoms with E-state index < -0.39 is 5.92 Å². The van der Waals surface area contributed by atoms with Gasteiger partial charge in [-0.3, -0.25) is 9.59 Å². The molecule has 1 aliphatic heterocycles. The third kappa shape index (κ3) is 3.59. The average molecular weight is 412 g/mol. The number of hydrogen-bond donors (Lipinski definition) is 2. The van der Waals surface area contributed by atoms with Crippen LogP contribution in [0.1, 0.15) is 56.6 Å². The fourth-order valence-corrected chi connectivity index (χ4v) is 4.83. The molecule has 1 aliphatic carbocycles. The minimum absolute atomic E-state index is 0.0813. The number of H-pyrrole nitrogens is 1. The summed E-state index contributed by atoms with van der Waals surface area (Å²) in [6.45, 7) is 4.21. The standard InChI is InChI=1S/C22H25N3O3S/c1-4-12(2)29-22-24-20-19(21(27)25-22)17(13-8-5-6-11-16(13)28-3)18-14(23-20)9-7-10-15(18)26/h5-6,8,11-12,17H,4,7,9-10H2,1-3H3,(H2,23,24,25,27). The first kappa shape index (κ1) is 19.8. The van der Waals surface area contributed by atoms with E-state index in [1.165, 1.54) is 0 Å². The van der Waals surface area contributed by atoms with Gasteiger partial charge in [-0.25, -0.2) is 4.98 Å². The minimum Gasteiger partial charge on any atom is -0.496 e. The summed E-state index contributed by atoms with van der Waals surface area (Å²) in [4.78, 5) is 33.8. The number of benzene rings is 1. The summed E-state index contributed by atoms with van der Waals surface area (Å²) in [6.07, 6.45) is 3.05. The second-order valence-electron chi connectivity index (χ2n) is 7.44. The molecule has 0 spiro atoms. The number of rotatable bonds is 5. The molecule has 6 nitrogen and oxygen atoms in total. The molecule has 152 valence electrons. The van der Waals surface area contributed by atoms with Crippen molar-refractivity contribution in [2.75, 3.05) is 12.4 Å². The molecule has 0 amide bonds. The number of nitrogens with zero attached hydrogens (tertiary/aromatic N) is 1. The van der Waals surface area contributed by atoms with E-state index in [1.54, 1.807) is 18.9 Å². The molecule has 2 unspecified atom stereocenters. The third-order valence-electron chi connectivity index (χ3n) is 5.57. The quantitative estimate of drug-likeness (QED) is 0.566. The Morgan fingerprint density at radius 2 is 2.07 bits per heavy atom. The van der Waals surface area contributed by atoms with Gasteiger partial charge in [0.15, 0.2) is 10.9 Å². The van der Waals surface area contributed by atoms with Gasteiger partial charge in [0, 0.05) is 28.5 Å². The van der Waals surface area contributed by atoms with Crippen LogP contribution in [0.5, 0.6) is 5.75 Å². The van der Waals surface area contributed by atoms with Crippen molar-refractivity contribution in [1.82, 2.24) is 9.97 Å². The van der Waals surface area contributed by atoms with E-state index in [0.717, 1.165) is 30.5 Å². The van der Waals surface area contributed by atoms with Crippen LogP contribution in [-0.4, -0.2) is 28.1 Å². The topological polar surface area (TPSA) is 84.1 Å². The largest absolute Gasteiger partial charge is 0.496 e. The number of carbonyl (C=O) groups excluding carboxylic acids is 1. The molecule has 1 aromatic heterocycles. The Morgan fingerprint density at radius 1 is 1.28 bits per heavy atom. The number of Topliss-reactive ketones (excluding diaryl/α,β-unsaturated/α-hetero) is 1. The number of thioether (sulfide) groups is 1. The molecule has 2 aliphatic rings. The Kier molecular flexibility index (Phi) is 5.50. The Balaban J connectivity index is 1.92. The number of hydrogen-bond acceptors (Lipinski definition) is 6. The molecule has 0 bridgehead atoms. The van der Waals surface area contributed by atoms with E-state index in [9.17, 15) is 9.59 Å². The highest BCUT2D eigenvalue weighted by molar-refractivity contribution is 7.99. The van der Waals surface area contributed by atoms with E-state index in [0.29, 0.717) is 39.5 Å². The van der Waals surface area contributed by atoms with Gasteiger partial charge < -0.3 is 15.0 Å². The van der Waals surface area contributed by atoms with Crippen molar-refractivity contribution in [2.45, 2.75) is 55.9 Å². The van der Waals surface area contributed by atoms with Gasteiger partial charge in [-0.2, -0.15) is 0 Å². The van der Waals surface area contributed by atoms with Crippen molar-refractivity contribution < 1.29 is 9.53 Å². The Morgan fingerprint density at radius 3 is 2.83 bits per heavy atom. The predicted molar refractivity (Wildman–Crippen MR) is 115 cm³/mol. The SMILES string of the molecule is CCC(C)Sc1nc2c(c(=O)[nH]1)C(c1ccccc1OC)C1=C(CCCC1=O)N2. The highest BCUT2D eigenvalue weighted by Crippen LogP contribution is 2.45. The fourth-order valence-electron chi connectivity index (χ4n) is 3.99. The smallest absolute Gasteiger partial charge is 0.257 e. The molecule has 7 heteroatoms. The summed E-state index contributed by atoms with van der Waals surface area (Å²) in [5, 5.41) is 4.25. The fraction of sp³-hybridized carbons (Fsp3) is 0.409. The number of allylic oxidation sites excluding steroid dienone is 2. The molecule has 2 heterocycles. The number of fused-ring (bicyclic) bond motifs is 1. The maximum absolute atomic E-state index is 13.2. The second kappa shape index (κ2) is 8.06. The number of para-hydroxylation sites is 1. The van der Waals surface area contributed by atoms with Gasteiger partial charge in [0.1, 0.15) is 11.6 Å². The summed E-state index contributed by atoms with van der Waals surface area (Å²) < 4.78 is 5.57. The van der Waals surface area contributed by atoms with E-state index in [-0.39, 0.29) is 11.3 Å². The van der Waals surface area contributed by atoms with Crippen molar-refractivity contribution in [3.05, 3.63) is 57.0 Å². The lowest BCUT2D eigenvalue weighted by molar-refractivity contribution is -0.116. The van der Waals surface area contributed by atoms with Gasteiger partial charge in [0.2, 0.25) is 0 Å². The highest BCUT2D eigenvalue weighted by Gasteiger charge is 2.39. The van der Waals surface area contributed by atoms with Crippen LogP contribution < -0.4 is 15.6 Å². The van der Waals surface area contributed by atoms with Crippen LogP contribution in [0, 0.1) is 0 Å². The van der Waals surface area contributed by atoms with Gasteiger partial charge in [0.25, 0.3) is 5.56 Å². The molecule has 2 N–H and O–H groups in total. The molecule has 0 radical (unpaired) electrons. The van der Waals surface area contributed by atoms with Crippen molar-refractivity contribution >= 4 is 23.4 Å². The third-order valence-corrected chi connectivity index (χ3v) is 6.73. The van der Waals surface area contributed by atoms with Crippen molar-refractivity contribution in [3.8, 4) is 5.75 Å². The van der Waals surface area contributed by atoms with E-state index in [2.05, 4.69) is 24.1 Å². The number of methoxy groups -OCH3 is 1. The molecule has 1 aromatic carbocycles. The van der Waals surface area contributed by atoms with Crippen LogP contribution in [-0.2, 0) is 4.79 Å². The monoisotopic (exact) mass is 411 g/mol. The molecule has 4 rings (SSSR count). The Hall–Kier alpha value is -2.54. The lowest BCUT2D eigenvalue weighted by Crippen LogP contribution is -2.33. The maximum Gasteiger partial charge on any atom is 0.257 e. The van der Waals surface area contributed by atoms with Gasteiger partial charge in [-0.05, 0) is 25.3 Å². The van der Waals surface area contributed by atoms with Crippen molar-refractivity contribution in [1.29, 1.82) is 0 Å². The van der Waals surface area contributed by atoms with E-state index in [1.807, 2.05) is 24.3 Å². The highest BCUT2D eigenvalue weighted by atomic mass is 32.2. The molecular weight excluding hydrogens is 386 g/mol. The lowest BCUT2D eigenvalue weighted by Gasteiger charge is -2.33. The van der Waals surface area contributed by atoms with E-state index >= 15 is 0 Å². The summed E-state index contributed by atoms with van der Waals surface area (Å²) in [7, 11) is 1.60. The first-order valence-electron chi connectivity index (χ1n) is 10.0. The average Bonchev–Trinajstić information content (AvgIpc) is 2.72. The molecule has 0 saturated heterocycles. The maximum atomic E-state index is 13.2. The van der Waals surface area contributed by atoms with Gasteiger partial charge in [0.05, 0.1) is 18.6 Å². The van der Waals surface area contributed by atoms with Crippen molar-refractivity contribution in [3.63, 3.8) is 0 Å². The number of aromatic nitrogens is 2. The number of carbonyl (C=O) groups is 1. The van der Waals surface area contributed by atoms with Crippen LogP contribution in [0.15, 0.2) is 45.5 Å². The van der Waals surface area contributed by atoms with Gasteiger partial charge in [-0.15, -0.1) is 0 Å². The van der Waals surface area contributed by atoms with Gasteiger partial charge in [-0.1, -0.05) is 43.8 Å². The Bertz CT molecular complexity index is 1040. The zero-order valence-corrected chi connectivity index (χ0v) is 17.7. The molecule has 29 heavy (non-hydrogen) atoms. The number of aromatic amines is 1. The second-order valence-corrected chi connectivity index (χ2v) is 8.87. The number of anilines is 1. The number of nitrogens with one attached hydrogen (secondary N) is 2. The summed E-state index contributed by atoms with van der Waals surface area (Å²) in [5.41, 5.74) is 2.63. The summed E-state index contributed by atoms with van der Waals surface area (Å²) in [5.74, 6) is 0.804. The first-order chi connectivity index (χ1) is 14.0. The summed E-state index contributed by atoms with van der Waals surface area (Å²) in [6, 6.07) is 7.57. The number of ether oxygens (including phenoxy) is 1. The predicted octanol–water partition coefficient (Wildman–Crippen LogP) is 4.23. The molecule has 2 aromatic rings. The first-order valence-corrected chi connectivity index (χ1v) is 10.9. The molecule has 0 saturated carbocycles. The molecular formula is C22H25N3O3S. The van der Waals surface area contributed by atoms with Gasteiger partial charge >= 0.3 is 0 Å². The zero-order chi connectivity index (χ0) is 20.5. The lowest BCUT2D eigenvalue weighted by atomic mass is 9.76. The van der Waals surface area contributed by atoms with Crippen LogP contribution in [0.4, 0.5) is 5.82 Å². The minimum atomic E-state index is -0.482. The van der Waals surface area contributed by atoms with Crippen molar-refractivity contribution in [2.24, 2.45) is 0 Å². The zero-order valence-electron chi connectivity index (χ0n) is 16.9. The van der Waals surface area contributed by atoms with Crippen LogP contribution in [0.25, 0.3) is 0 Å². The van der Waals surface area contributed by atoms with Crippen LogP contribution in [0.2, 0.25) is 0 Å². The summed E-state index contributed by atoms with van der Waals surface area (Å²) >= 11 is 1.55. The van der Waals surface area contributed by atoms with Crippen LogP contribution >= 0.6 is 11.8 Å². The molecule has 2 atom stereocenters. The van der Waals surface area contributed by atoms with E-state index in [4.69, 9.17) is 9.72 Å². The normalized spacial score (nSPS) is 19.3. The van der Waals surface area contributed by atoms with Crippen LogP contribution in [0.3, 0.4) is 0 Å². The number of ketones is 1. The Labute approximate surface area is 174 Å². The molecule has 0 fully saturated rings.